The summed E-state index contributed by atoms with van der Waals surface area (Å²) in [6.45, 7) is 2.09. The van der Waals surface area contributed by atoms with Crippen LogP contribution in [0.1, 0.15) is 36.8 Å². The number of hydrogen-bond acceptors (Lipinski definition) is 1. The fourth-order valence-corrected chi connectivity index (χ4v) is 2.49. The molecule has 0 bridgehead atoms. The van der Waals surface area contributed by atoms with Gasteiger partial charge in [-0.25, -0.2) is 0 Å². The first kappa shape index (κ1) is 10.3. The van der Waals surface area contributed by atoms with E-state index in [0.29, 0.717) is 5.92 Å². The Hall–Kier alpha value is -1.24. The molecule has 0 aliphatic heterocycles. The monoisotopic (exact) mass is 202 g/mol. The Morgan fingerprint density at radius 1 is 1.40 bits per heavy atom. The maximum atomic E-state index is 5.46. The molecule has 0 fully saturated rings. The summed E-state index contributed by atoms with van der Waals surface area (Å²) in [6.07, 6.45) is 8.17. The highest BCUT2D eigenvalue weighted by Crippen LogP contribution is 2.38. The normalized spacial score (nSPS) is 20.3. The second-order valence-corrected chi connectivity index (χ2v) is 4.06. The van der Waals surface area contributed by atoms with Crippen molar-refractivity contribution < 1.29 is 4.74 Å². The molecule has 15 heavy (non-hydrogen) atoms. The number of fused-ring (bicyclic) bond motifs is 1. The number of benzene rings is 1. The summed E-state index contributed by atoms with van der Waals surface area (Å²) in [5, 5.41) is 0. The highest BCUT2D eigenvalue weighted by atomic mass is 16.5. The standard InChI is InChI=1S/C14H18O/c1-3-6-11-7-4-8-12-9-5-10-13(15-2)14(11)12/h3,5-6,9-11H,4,7-8H2,1-2H3/b6-3+. The largest absolute Gasteiger partial charge is 0.496 e. The first-order chi connectivity index (χ1) is 7.36. The third-order valence-corrected chi connectivity index (χ3v) is 3.13. The van der Waals surface area contributed by atoms with Crippen molar-refractivity contribution in [2.75, 3.05) is 7.11 Å². The van der Waals surface area contributed by atoms with E-state index in [9.17, 15) is 0 Å². The number of hydrogen-bond donors (Lipinski definition) is 0. The molecule has 1 unspecified atom stereocenters. The van der Waals surface area contributed by atoms with Crippen molar-refractivity contribution >= 4 is 0 Å². The van der Waals surface area contributed by atoms with E-state index in [-0.39, 0.29) is 0 Å². The van der Waals surface area contributed by atoms with Crippen molar-refractivity contribution in [3.8, 4) is 5.75 Å². The minimum absolute atomic E-state index is 0.551. The van der Waals surface area contributed by atoms with E-state index >= 15 is 0 Å². The molecular formula is C14H18O. The third-order valence-electron chi connectivity index (χ3n) is 3.13. The van der Waals surface area contributed by atoms with Crippen LogP contribution in [-0.2, 0) is 6.42 Å². The summed E-state index contributed by atoms with van der Waals surface area (Å²) in [4.78, 5) is 0. The molecule has 1 aliphatic carbocycles. The van der Waals surface area contributed by atoms with Gasteiger partial charge in [-0.2, -0.15) is 0 Å². The number of rotatable bonds is 2. The lowest BCUT2D eigenvalue weighted by Crippen LogP contribution is -2.09. The molecule has 1 aromatic carbocycles. The molecule has 1 atom stereocenters. The summed E-state index contributed by atoms with van der Waals surface area (Å²) in [6, 6.07) is 6.39. The molecule has 0 amide bonds. The number of ether oxygens (including phenoxy) is 1. The van der Waals surface area contributed by atoms with E-state index in [4.69, 9.17) is 4.74 Å². The van der Waals surface area contributed by atoms with Gasteiger partial charge in [-0.05, 0) is 37.8 Å². The van der Waals surface area contributed by atoms with Crippen LogP contribution in [0, 0.1) is 0 Å². The lowest BCUT2D eigenvalue weighted by Gasteiger charge is -2.25. The average molecular weight is 202 g/mol. The molecule has 0 spiro atoms. The lowest BCUT2D eigenvalue weighted by molar-refractivity contribution is 0.403. The minimum Gasteiger partial charge on any atom is -0.496 e. The Morgan fingerprint density at radius 2 is 2.27 bits per heavy atom. The van der Waals surface area contributed by atoms with Crippen LogP contribution in [0.25, 0.3) is 0 Å². The minimum atomic E-state index is 0.551. The summed E-state index contributed by atoms with van der Waals surface area (Å²) < 4.78 is 5.46. The van der Waals surface area contributed by atoms with Gasteiger partial charge in [-0.3, -0.25) is 0 Å². The average Bonchev–Trinajstić information content (AvgIpc) is 2.29. The molecule has 1 nitrogen and oxygen atoms in total. The van der Waals surface area contributed by atoms with Crippen molar-refractivity contribution in [1.29, 1.82) is 0 Å². The molecule has 0 heterocycles. The van der Waals surface area contributed by atoms with Gasteiger partial charge in [0.1, 0.15) is 5.75 Å². The SMILES string of the molecule is C/C=C/C1CCCc2cccc(OC)c21. The first-order valence-corrected chi connectivity index (χ1v) is 5.65. The van der Waals surface area contributed by atoms with Crippen molar-refractivity contribution in [2.24, 2.45) is 0 Å². The molecule has 0 N–H and O–H groups in total. The fourth-order valence-electron chi connectivity index (χ4n) is 2.49. The summed E-state index contributed by atoms with van der Waals surface area (Å²) in [7, 11) is 1.76. The van der Waals surface area contributed by atoms with E-state index in [1.54, 1.807) is 7.11 Å². The highest BCUT2D eigenvalue weighted by Gasteiger charge is 2.21. The van der Waals surface area contributed by atoms with Gasteiger partial charge in [0.15, 0.2) is 0 Å². The maximum Gasteiger partial charge on any atom is 0.122 e. The van der Waals surface area contributed by atoms with Crippen LogP contribution >= 0.6 is 0 Å². The topological polar surface area (TPSA) is 9.23 Å². The van der Waals surface area contributed by atoms with Gasteiger partial charge < -0.3 is 4.74 Å². The quantitative estimate of drug-likeness (QED) is 0.664. The maximum absolute atomic E-state index is 5.46. The van der Waals surface area contributed by atoms with Gasteiger partial charge >= 0.3 is 0 Å². The van der Waals surface area contributed by atoms with Crippen molar-refractivity contribution in [1.82, 2.24) is 0 Å². The summed E-state index contributed by atoms with van der Waals surface area (Å²) in [5.41, 5.74) is 2.87. The molecule has 0 aromatic heterocycles. The molecule has 1 heteroatoms. The molecular weight excluding hydrogens is 184 g/mol. The smallest absolute Gasteiger partial charge is 0.122 e. The number of aryl methyl sites for hydroxylation is 1. The van der Waals surface area contributed by atoms with Crippen LogP contribution in [0.2, 0.25) is 0 Å². The molecule has 1 aromatic rings. The van der Waals surface area contributed by atoms with Gasteiger partial charge in [-0.1, -0.05) is 24.3 Å². The molecule has 2 rings (SSSR count). The van der Waals surface area contributed by atoms with Crippen LogP contribution in [-0.4, -0.2) is 7.11 Å². The van der Waals surface area contributed by atoms with E-state index in [2.05, 4.69) is 37.3 Å². The zero-order chi connectivity index (χ0) is 10.7. The van der Waals surface area contributed by atoms with E-state index in [1.165, 1.54) is 30.4 Å². The van der Waals surface area contributed by atoms with Gasteiger partial charge in [0.05, 0.1) is 7.11 Å². The van der Waals surface area contributed by atoms with Gasteiger partial charge in [0, 0.05) is 11.5 Å². The Kier molecular flexibility index (Phi) is 3.10. The van der Waals surface area contributed by atoms with Crippen molar-refractivity contribution in [2.45, 2.75) is 32.1 Å². The molecule has 1 aliphatic rings. The van der Waals surface area contributed by atoms with E-state index < -0.39 is 0 Å². The Bertz CT molecular complexity index is 351. The van der Waals surface area contributed by atoms with Gasteiger partial charge in [-0.15, -0.1) is 0 Å². The van der Waals surface area contributed by atoms with Crippen LogP contribution in [0.5, 0.6) is 5.75 Å². The summed E-state index contributed by atoms with van der Waals surface area (Å²) >= 11 is 0. The Morgan fingerprint density at radius 3 is 3.00 bits per heavy atom. The van der Waals surface area contributed by atoms with E-state index in [1.807, 2.05) is 0 Å². The van der Waals surface area contributed by atoms with Crippen LogP contribution in [0.3, 0.4) is 0 Å². The number of allylic oxidation sites excluding steroid dienone is 2. The molecule has 0 saturated carbocycles. The highest BCUT2D eigenvalue weighted by molar-refractivity contribution is 5.46. The van der Waals surface area contributed by atoms with Crippen molar-refractivity contribution in [3.63, 3.8) is 0 Å². The summed E-state index contributed by atoms with van der Waals surface area (Å²) in [5.74, 6) is 1.60. The second kappa shape index (κ2) is 4.52. The van der Waals surface area contributed by atoms with Crippen molar-refractivity contribution in [3.05, 3.63) is 41.5 Å². The first-order valence-electron chi connectivity index (χ1n) is 5.65. The molecule has 80 valence electrons. The molecule has 0 saturated heterocycles. The third kappa shape index (κ3) is 1.92. The predicted octanol–water partition coefficient (Wildman–Crippen LogP) is 3.69. The van der Waals surface area contributed by atoms with E-state index in [0.717, 1.165) is 5.75 Å². The zero-order valence-electron chi connectivity index (χ0n) is 9.49. The van der Waals surface area contributed by atoms with Gasteiger partial charge in [0.25, 0.3) is 0 Å². The van der Waals surface area contributed by atoms with Gasteiger partial charge in [0.2, 0.25) is 0 Å². The predicted molar refractivity (Wildman–Crippen MR) is 63.5 cm³/mol. The molecule has 0 radical (unpaired) electrons. The zero-order valence-corrected chi connectivity index (χ0v) is 9.49. The van der Waals surface area contributed by atoms with Crippen LogP contribution in [0.15, 0.2) is 30.4 Å². The lowest BCUT2D eigenvalue weighted by atomic mass is 9.82. The van der Waals surface area contributed by atoms with Crippen LogP contribution in [0.4, 0.5) is 0 Å². The number of methoxy groups -OCH3 is 1. The Balaban J connectivity index is 2.47. The Labute approximate surface area is 91.8 Å². The second-order valence-electron chi connectivity index (χ2n) is 4.06. The van der Waals surface area contributed by atoms with Crippen LogP contribution < -0.4 is 4.74 Å². The fraction of sp³-hybridized carbons (Fsp3) is 0.429.